The molecule has 6 heteroatoms. The lowest BCUT2D eigenvalue weighted by Crippen LogP contribution is -2.16. The van der Waals surface area contributed by atoms with Gasteiger partial charge in [0.25, 0.3) is 0 Å². The van der Waals surface area contributed by atoms with Gasteiger partial charge in [-0.2, -0.15) is 0 Å². The van der Waals surface area contributed by atoms with E-state index in [1.54, 1.807) is 12.1 Å². The second kappa shape index (κ2) is 5.63. The highest BCUT2D eigenvalue weighted by molar-refractivity contribution is 5.69. The minimum absolute atomic E-state index is 0.319. The van der Waals surface area contributed by atoms with E-state index in [4.69, 9.17) is 0 Å². The Balaban J connectivity index is 2.32. The van der Waals surface area contributed by atoms with Gasteiger partial charge in [-0.1, -0.05) is 12.1 Å². The molecule has 0 radical (unpaired) electrons. The molecule has 112 valence electrons. The summed E-state index contributed by atoms with van der Waals surface area (Å²) in [5.74, 6) is -0.777. The third-order valence-electron chi connectivity index (χ3n) is 2.87. The molecule has 0 aliphatic rings. The van der Waals surface area contributed by atoms with E-state index in [1.807, 2.05) is 19.0 Å². The van der Waals surface area contributed by atoms with Crippen molar-refractivity contribution in [2.75, 3.05) is 19.0 Å². The zero-order chi connectivity index (χ0) is 15.6. The Labute approximate surface area is 119 Å². The van der Waals surface area contributed by atoms with Gasteiger partial charge in [0, 0.05) is 25.3 Å². The second-order valence-electron chi connectivity index (χ2n) is 4.63. The predicted octanol–water partition coefficient (Wildman–Crippen LogP) is 4.46. The second-order valence-corrected chi connectivity index (χ2v) is 4.63. The third-order valence-corrected chi connectivity index (χ3v) is 2.87. The van der Waals surface area contributed by atoms with Crippen molar-refractivity contribution in [1.82, 2.24) is 0 Å². The summed E-state index contributed by atoms with van der Waals surface area (Å²) in [5.41, 5.74) is 1.59. The van der Waals surface area contributed by atoms with Crippen LogP contribution >= 0.6 is 0 Å². The standard InChI is InChI=1S/C15H13F4NO/c1-20(2)11-5-8-14(16)13(9-11)10-3-6-12(7-4-10)21-15(17,18)19/h3-9H,1-2H3. The number of benzene rings is 2. The first-order valence-electron chi connectivity index (χ1n) is 6.09. The molecular weight excluding hydrogens is 286 g/mol. The zero-order valence-corrected chi connectivity index (χ0v) is 11.4. The Hall–Kier alpha value is -2.24. The zero-order valence-electron chi connectivity index (χ0n) is 11.4. The van der Waals surface area contributed by atoms with Gasteiger partial charge in [0.15, 0.2) is 0 Å². The van der Waals surface area contributed by atoms with Crippen molar-refractivity contribution in [2.45, 2.75) is 6.36 Å². The van der Waals surface area contributed by atoms with Crippen molar-refractivity contribution in [3.63, 3.8) is 0 Å². The van der Waals surface area contributed by atoms with Gasteiger partial charge < -0.3 is 9.64 Å². The van der Waals surface area contributed by atoms with Crippen LogP contribution in [-0.4, -0.2) is 20.5 Å². The summed E-state index contributed by atoms with van der Waals surface area (Å²) in [6.45, 7) is 0. The normalized spacial score (nSPS) is 11.3. The summed E-state index contributed by atoms with van der Waals surface area (Å²) in [7, 11) is 3.63. The van der Waals surface area contributed by atoms with Crippen LogP contribution in [0.2, 0.25) is 0 Å². The smallest absolute Gasteiger partial charge is 0.406 e. The minimum atomic E-state index is -4.74. The molecule has 0 saturated carbocycles. The van der Waals surface area contributed by atoms with Crippen LogP contribution in [0.3, 0.4) is 0 Å². The van der Waals surface area contributed by atoms with Gasteiger partial charge in [0.2, 0.25) is 0 Å². The Kier molecular flexibility index (Phi) is 4.06. The quantitative estimate of drug-likeness (QED) is 0.776. The molecule has 0 N–H and O–H groups in total. The Morgan fingerprint density at radius 2 is 1.57 bits per heavy atom. The van der Waals surface area contributed by atoms with Gasteiger partial charge in [0.05, 0.1) is 0 Å². The molecule has 0 bridgehead atoms. The topological polar surface area (TPSA) is 12.5 Å². The van der Waals surface area contributed by atoms with Crippen LogP contribution in [0.15, 0.2) is 42.5 Å². The molecule has 0 unspecified atom stereocenters. The third kappa shape index (κ3) is 3.87. The van der Waals surface area contributed by atoms with Crippen LogP contribution in [0, 0.1) is 5.82 Å². The van der Waals surface area contributed by atoms with Gasteiger partial charge in [0.1, 0.15) is 11.6 Å². The largest absolute Gasteiger partial charge is 0.573 e. The number of ether oxygens (including phenoxy) is 1. The molecule has 0 amide bonds. The molecule has 2 nitrogen and oxygen atoms in total. The highest BCUT2D eigenvalue weighted by Gasteiger charge is 2.30. The molecule has 0 saturated heterocycles. The van der Waals surface area contributed by atoms with Crippen molar-refractivity contribution in [2.24, 2.45) is 0 Å². The summed E-state index contributed by atoms with van der Waals surface area (Å²) in [6, 6.07) is 9.67. The van der Waals surface area contributed by atoms with Crippen LogP contribution in [0.25, 0.3) is 11.1 Å². The Morgan fingerprint density at radius 1 is 0.952 bits per heavy atom. The first-order valence-corrected chi connectivity index (χ1v) is 6.09. The summed E-state index contributed by atoms with van der Waals surface area (Å²) < 4.78 is 53.9. The summed E-state index contributed by atoms with van der Waals surface area (Å²) >= 11 is 0. The monoisotopic (exact) mass is 299 g/mol. The number of anilines is 1. The molecule has 2 aromatic rings. The molecule has 0 atom stereocenters. The lowest BCUT2D eigenvalue weighted by atomic mass is 10.0. The van der Waals surface area contributed by atoms with Gasteiger partial charge >= 0.3 is 6.36 Å². The maximum absolute atomic E-state index is 13.9. The van der Waals surface area contributed by atoms with E-state index in [2.05, 4.69) is 4.74 Å². The van der Waals surface area contributed by atoms with E-state index in [0.717, 1.165) is 17.8 Å². The fourth-order valence-corrected chi connectivity index (χ4v) is 1.85. The molecule has 0 aliphatic heterocycles. The number of nitrogens with zero attached hydrogens (tertiary/aromatic N) is 1. The number of alkyl halides is 3. The summed E-state index contributed by atoms with van der Waals surface area (Å²) in [6.07, 6.45) is -4.74. The van der Waals surface area contributed by atoms with E-state index < -0.39 is 12.2 Å². The van der Waals surface area contributed by atoms with Crippen LogP contribution < -0.4 is 9.64 Å². The number of hydrogen-bond acceptors (Lipinski definition) is 2. The Morgan fingerprint density at radius 3 is 2.10 bits per heavy atom. The lowest BCUT2D eigenvalue weighted by molar-refractivity contribution is -0.274. The average molecular weight is 299 g/mol. The van der Waals surface area contributed by atoms with Crippen molar-refractivity contribution in [1.29, 1.82) is 0 Å². The molecule has 0 fully saturated rings. The highest BCUT2D eigenvalue weighted by Crippen LogP contribution is 2.30. The van der Waals surface area contributed by atoms with E-state index in [-0.39, 0.29) is 5.75 Å². The van der Waals surface area contributed by atoms with Crippen LogP contribution in [-0.2, 0) is 0 Å². The molecule has 0 aliphatic carbocycles. The summed E-state index contributed by atoms with van der Waals surface area (Å²) in [5, 5.41) is 0. The molecular formula is C15H13F4NO. The molecule has 0 aromatic heterocycles. The van der Waals surface area contributed by atoms with E-state index >= 15 is 0 Å². The first kappa shape index (κ1) is 15.2. The van der Waals surface area contributed by atoms with Gasteiger partial charge in [-0.15, -0.1) is 13.2 Å². The molecule has 2 rings (SSSR count). The van der Waals surface area contributed by atoms with Crippen molar-refractivity contribution >= 4 is 5.69 Å². The average Bonchev–Trinajstić information content (AvgIpc) is 2.38. The molecule has 21 heavy (non-hydrogen) atoms. The van der Waals surface area contributed by atoms with E-state index in [0.29, 0.717) is 11.1 Å². The maximum atomic E-state index is 13.9. The van der Waals surface area contributed by atoms with Gasteiger partial charge in [-0.25, -0.2) is 4.39 Å². The van der Waals surface area contributed by atoms with E-state index in [1.165, 1.54) is 18.2 Å². The predicted molar refractivity (Wildman–Crippen MR) is 72.8 cm³/mol. The van der Waals surface area contributed by atoms with Crippen LogP contribution in [0.1, 0.15) is 0 Å². The Bertz CT molecular complexity index is 621. The van der Waals surface area contributed by atoms with Crippen molar-refractivity contribution in [3.05, 3.63) is 48.3 Å². The molecule has 2 aromatic carbocycles. The lowest BCUT2D eigenvalue weighted by Gasteiger charge is -2.15. The fraction of sp³-hybridized carbons (Fsp3) is 0.200. The minimum Gasteiger partial charge on any atom is -0.406 e. The molecule has 0 heterocycles. The summed E-state index contributed by atoms with van der Waals surface area (Å²) in [4.78, 5) is 1.81. The van der Waals surface area contributed by atoms with Crippen molar-refractivity contribution < 1.29 is 22.3 Å². The first-order chi connectivity index (χ1) is 9.76. The van der Waals surface area contributed by atoms with Gasteiger partial charge in [-0.3, -0.25) is 0 Å². The fourth-order valence-electron chi connectivity index (χ4n) is 1.85. The number of rotatable bonds is 3. The number of halogens is 4. The van der Waals surface area contributed by atoms with Crippen LogP contribution in [0.4, 0.5) is 23.2 Å². The number of hydrogen-bond donors (Lipinski definition) is 0. The SMILES string of the molecule is CN(C)c1ccc(F)c(-c2ccc(OC(F)(F)F)cc2)c1. The van der Waals surface area contributed by atoms with Crippen LogP contribution in [0.5, 0.6) is 5.75 Å². The highest BCUT2D eigenvalue weighted by atomic mass is 19.4. The maximum Gasteiger partial charge on any atom is 0.573 e. The molecule has 0 spiro atoms. The van der Waals surface area contributed by atoms with E-state index in [9.17, 15) is 17.6 Å². The van der Waals surface area contributed by atoms with Crippen molar-refractivity contribution in [3.8, 4) is 16.9 Å². The van der Waals surface area contributed by atoms with Gasteiger partial charge in [-0.05, 0) is 35.9 Å².